The van der Waals surface area contributed by atoms with Crippen molar-refractivity contribution in [3.05, 3.63) is 78.9 Å². The number of hydrogen-bond acceptors (Lipinski definition) is 2. The van der Waals surface area contributed by atoms with Crippen LogP contribution in [-0.4, -0.2) is 18.3 Å². The third-order valence-electron chi connectivity index (χ3n) is 6.49. The lowest BCUT2D eigenvalue weighted by molar-refractivity contribution is 0.00578. The average molecular weight is 380 g/mol. The van der Waals surface area contributed by atoms with E-state index >= 15 is 0 Å². The molecule has 144 valence electrons. The molecule has 1 saturated heterocycles. The van der Waals surface area contributed by atoms with E-state index in [1.54, 1.807) is 0 Å². The minimum Gasteiger partial charge on any atom is -0.399 e. The summed E-state index contributed by atoms with van der Waals surface area (Å²) < 4.78 is 12.9. The highest BCUT2D eigenvalue weighted by molar-refractivity contribution is 6.64. The first-order chi connectivity index (χ1) is 13.8. The molecule has 0 amide bonds. The van der Waals surface area contributed by atoms with Crippen LogP contribution in [0.1, 0.15) is 27.7 Å². The van der Waals surface area contributed by atoms with Crippen molar-refractivity contribution in [3.63, 3.8) is 0 Å². The van der Waals surface area contributed by atoms with Gasteiger partial charge in [0.05, 0.1) is 11.2 Å². The Balaban J connectivity index is 1.72. The van der Waals surface area contributed by atoms with E-state index in [9.17, 15) is 0 Å². The Bertz CT molecular complexity index is 1210. The third kappa shape index (κ3) is 3.06. The van der Waals surface area contributed by atoms with E-state index in [1.165, 1.54) is 27.1 Å². The van der Waals surface area contributed by atoms with Gasteiger partial charge in [-0.2, -0.15) is 0 Å². The summed E-state index contributed by atoms with van der Waals surface area (Å²) in [5, 5.41) is 4.89. The summed E-state index contributed by atoms with van der Waals surface area (Å²) in [7, 11) is -0.397. The fourth-order valence-electron chi connectivity index (χ4n) is 4.03. The Morgan fingerprint density at radius 1 is 0.586 bits per heavy atom. The second-order valence-corrected chi connectivity index (χ2v) is 8.94. The van der Waals surface area contributed by atoms with Crippen molar-refractivity contribution in [1.29, 1.82) is 0 Å². The maximum atomic E-state index is 6.43. The third-order valence-corrected chi connectivity index (χ3v) is 6.49. The molecule has 1 aliphatic heterocycles. The van der Waals surface area contributed by atoms with Crippen LogP contribution in [-0.2, 0) is 9.31 Å². The van der Waals surface area contributed by atoms with Gasteiger partial charge in [-0.1, -0.05) is 66.7 Å². The van der Waals surface area contributed by atoms with Gasteiger partial charge in [0, 0.05) is 0 Å². The summed E-state index contributed by atoms with van der Waals surface area (Å²) in [6.07, 6.45) is 0. The molecule has 4 aromatic rings. The molecule has 0 aromatic heterocycles. The molecule has 0 spiro atoms. The summed E-state index contributed by atoms with van der Waals surface area (Å²) in [5.41, 5.74) is 2.68. The van der Waals surface area contributed by atoms with Crippen LogP contribution in [0.15, 0.2) is 78.9 Å². The Hall–Kier alpha value is -2.62. The van der Waals surface area contributed by atoms with E-state index in [0.29, 0.717) is 0 Å². The summed E-state index contributed by atoms with van der Waals surface area (Å²) in [6.45, 7) is 8.40. The van der Waals surface area contributed by atoms with E-state index in [-0.39, 0.29) is 11.2 Å². The predicted octanol–water partition coefficient (Wildman–Crippen LogP) is 5.96. The van der Waals surface area contributed by atoms with Gasteiger partial charge in [0.2, 0.25) is 0 Å². The summed E-state index contributed by atoms with van der Waals surface area (Å²) in [4.78, 5) is 0. The molecule has 0 unspecified atom stereocenters. The van der Waals surface area contributed by atoms with Crippen molar-refractivity contribution >= 4 is 34.1 Å². The zero-order chi connectivity index (χ0) is 20.2. The van der Waals surface area contributed by atoms with Crippen molar-refractivity contribution < 1.29 is 9.31 Å². The molecular weight excluding hydrogens is 355 g/mol. The molecule has 0 bridgehead atoms. The van der Waals surface area contributed by atoms with Crippen LogP contribution in [0.5, 0.6) is 0 Å². The second-order valence-electron chi connectivity index (χ2n) is 8.94. The lowest BCUT2D eigenvalue weighted by Gasteiger charge is -2.32. The molecule has 4 aromatic carbocycles. The monoisotopic (exact) mass is 380 g/mol. The zero-order valence-corrected chi connectivity index (χ0v) is 17.4. The van der Waals surface area contributed by atoms with Crippen LogP contribution < -0.4 is 5.46 Å². The van der Waals surface area contributed by atoms with Crippen LogP contribution in [0, 0.1) is 0 Å². The molecule has 0 saturated carbocycles. The fourth-order valence-corrected chi connectivity index (χ4v) is 4.03. The maximum absolute atomic E-state index is 6.43. The molecule has 29 heavy (non-hydrogen) atoms. The molecule has 3 heteroatoms. The van der Waals surface area contributed by atoms with E-state index in [2.05, 4.69) is 107 Å². The highest BCUT2D eigenvalue weighted by Crippen LogP contribution is 2.38. The zero-order valence-electron chi connectivity index (χ0n) is 17.4. The molecule has 0 N–H and O–H groups in total. The molecular formula is C26H25BO2. The van der Waals surface area contributed by atoms with Crippen molar-refractivity contribution in [2.75, 3.05) is 0 Å². The maximum Gasteiger partial charge on any atom is 0.495 e. The fraction of sp³-hybridized carbons (Fsp3) is 0.231. The average Bonchev–Trinajstić information content (AvgIpc) is 2.93. The SMILES string of the molecule is CC1(C)OB(c2cc3ccccc3cc2-c2ccc3ccccc3c2)OC1(C)C. The van der Waals surface area contributed by atoms with E-state index in [0.717, 1.165) is 11.0 Å². The van der Waals surface area contributed by atoms with E-state index in [1.807, 2.05) is 0 Å². The Morgan fingerprint density at radius 3 is 1.72 bits per heavy atom. The number of rotatable bonds is 2. The summed E-state index contributed by atoms with van der Waals surface area (Å²) in [5.74, 6) is 0. The van der Waals surface area contributed by atoms with Crippen LogP contribution in [0.3, 0.4) is 0 Å². The van der Waals surface area contributed by atoms with Gasteiger partial charge in [-0.15, -0.1) is 0 Å². The van der Waals surface area contributed by atoms with Crippen LogP contribution in [0.4, 0.5) is 0 Å². The van der Waals surface area contributed by atoms with Crippen molar-refractivity contribution in [1.82, 2.24) is 0 Å². The molecule has 0 aliphatic carbocycles. The smallest absolute Gasteiger partial charge is 0.399 e. The molecule has 0 radical (unpaired) electrons. The highest BCUT2D eigenvalue weighted by atomic mass is 16.7. The Morgan fingerprint density at radius 2 is 1.10 bits per heavy atom. The van der Waals surface area contributed by atoms with Crippen LogP contribution >= 0.6 is 0 Å². The van der Waals surface area contributed by atoms with E-state index in [4.69, 9.17) is 9.31 Å². The molecule has 2 nitrogen and oxygen atoms in total. The molecule has 1 fully saturated rings. The van der Waals surface area contributed by atoms with Gasteiger partial charge >= 0.3 is 7.12 Å². The largest absolute Gasteiger partial charge is 0.495 e. The quantitative estimate of drug-likeness (QED) is 0.400. The molecule has 5 rings (SSSR count). The van der Waals surface area contributed by atoms with Crippen molar-refractivity contribution in [2.24, 2.45) is 0 Å². The van der Waals surface area contributed by atoms with Gasteiger partial charge in [0.15, 0.2) is 0 Å². The van der Waals surface area contributed by atoms with Gasteiger partial charge in [-0.25, -0.2) is 0 Å². The predicted molar refractivity (Wildman–Crippen MR) is 123 cm³/mol. The lowest BCUT2D eigenvalue weighted by atomic mass is 9.73. The number of benzene rings is 4. The Labute approximate surface area is 172 Å². The second kappa shape index (κ2) is 6.45. The number of fused-ring (bicyclic) bond motifs is 2. The van der Waals surface area contributed by atoms with Gasteiger partial charge in [0.1, 0.15) is 0 Å². The Kier molecular flexibility index (Phi) is 4.09. The summed E-state index contributed by atoms with van der Waals surface area (Å²) >= 11 is 0. The normalized spacial score (nSPS) is 17.9. The minimum atomic E-state index is -0.397. The van der Waals surface area contributed by atoms with Gasteiger partial charge in [0.25, 0.3) is 0 Å². The highest BCUT2D eigenvalue weighted by Gasteiger charge is 2.52. The number of hydrogen-bond donors (Lipinski definition) is 0. The first-order valence-electron chi connectivity index (χ1n) is 10.2. The molecule has 1 heterocycles. The van der Waals surface area contributed by atoms with Gasteiger partial charge in [-0.3, -0.25) is 0 Å². The van der Waals surface area contributed by atoms with Crippen LogP contribution in [0.2, 0.25) is 0 Å². The molecule has 0 atom stereocenters. The molecule has 1 aliphatic rings. The first-order valence-corrected chi connectivity index (χ1v) is 10.2. The first kappa shape index (κ1) is 18.4. The van der Waals surface area contributed by atoms with Gasteiger partial charge < -0.3 is 9.31 Å². The van der Waals surface area contributed by atoms with Crippen LogP contribution in [0.25, 0.3) is 32.7 Å². The lowest BCUT2D eigenvalue weighted by Crippen LogP contribution is -2.41. The van der Waals surface area contributed by atoms with E-state index < -0.39 is 7.12 Å². The minimum absolute atomic E-state index is 0.371. The van der Waals surface area contributed by atoms with Crippen molar-refractivity contribution in [3.8, 4) is 11.1 Å². The summed E-state index contributed by atoms with van der Waals surface area (Å²) in [6, 6.07) is 28.1. The standard InChI is InChI=1S/C26H25BO2/c1-25(2)26(3,4)29-27(28-25)24-17-21-12-8-7-11-20(21)16-23(24)22-14-13-18-9-5-6-10-19(18)15-22/h5-17H,1-4H3. The van der Waals surface area contributed by atoms with Gasteiger partial charge in [-0.05, 0) is 78.0 Å². The topological polar surface area (TPSA) is 18.5 Å². The van der Waals surface area contributed by atoms with Crippen molar-refractivity contribution in [2.45, 2.75) is 38.9 Å².